The highest BCUT2D eigenvalue weighted by Gasteiger charge is 2.43. The Kier molecular flexibility index (Phi) is 7.12. The quantitative estimate of drug-likeness (QED) is 0.652. The monoisotopic (exact) mass is 471 g/mol. The highest BCUT2D eigenvalue weighted by molar-refractivity contribution is 9.12. The summed E-state index contributed by atoms with van der Waals surface area (Å²) in [4.78, 5) is 11.4. The summed E-state index contributed by atoms with van der Waals surface area (Å²) in [6.45, 7) is 0.682. The SMILES string of the molecule is O=C(N[C@@H]1C[C@H](Br)[C@@H](Br)C[C@@H]1COCc1ccccc1)C(F)(F)F. The second-order valence-electron chi connectivity index (χ2n) is 5.84. The molecule has 0 heterocycles. The fourth-order valence-electron chi connectivity index (χ4n) is 2.70. The fourth-order valence-corrected chi connectivity index (χ4v) is 4.01. The Hall–Kier alpha value is -0.600. The number of carbonyl (C=O) groups excluding carboxylic acids is 1. The van der Waals surface area contributed by atoms with Crippen LogP contribution in [0.5, 0.6) is 0 Å². The van der Waals surface area contributed by atoms with Crippen LogP contribution in [0.2, 0.25) is 0 Å². The average molecular weight is 473 g/mol. The maximum atomic E-state index is 12.5. The van der Waals surface area contributed by atoms with Gasteiger partial charge in [-0.15, -0.1) is 0 Å². The number of hydrogen-bond acceptors (Lipinski definition) is 2. The van der Waals surface area contributed by atoms with Gasteiger partial charge in [-0.2, -0.15) is 13.2 Å². The van der Waals surface area contributed by atoms with Crippen molar-refractivity contribution in [3.05, 3.63) is 35.9 Å². The minimum atomic E-state index is -4.87. The van der Waals surface area contributed by atoms with Crippen LogP contribution in [0.25, 0.3) is 0 Å². The molecule has 1 amide bonds. The molecule has 1 aromatic carbocycles. The normalized spacial score (nSPS) is 27.7. The Morgan fingerprint density at radius 3 is 2.42 bits per heavy atom. The predicted octanol–water partition coefficient (Wildman–Crippen LogP) is 4.19. The molecule has 0 aromatic heterocycles. The summed E-state index contributed by atoms with van der Waals surface area (Å²) in [6, 6.07) is 8.97. The molecule has 0 saturated heterocycles. The van der Waals surface area contributed by atoms with Crippen LogP contribution in [-0.4, -0.2) is 34.4 Å². The molecule has 8 heteroatoms. The van der Waals surface area contributed by atoms with Crippen LogP contribution in [0.4, 0.5) is 13.2 Å². The number of amides is 1. The van der Waals surface area contributed by atoms with Gasteiger partial charge in [0.15, 0.2) is 0 Å². The van der Waals surface area contributed by atoms with Gasteiger partial charge in [-0.25, -0.2) is 0 Å². The summed E-state index contributed by atoms with van der Waals surface area (Å²) in [5.41, 5.74) is 0.998. The van der Waals surface area contributed by atoms with Crippen LogP contribution in [0.15, 0.2) is 30.3 Å². The zero-order chi connectivity index (χ0) is 17.7. The van der Waals surface area contributed by atoms with E-state index in [2.05, 4.69) is 37.2 Å². The Balaban J connectivity index is 1.93. The summed E-state index contributed by atoms with van der Waals surface area (Å²) in [5.74, 6) is -2.08. The Morgan fingerprint density at radius 2 is 1.79 bits per heavy atom. The van der Waals surface area contributed by atoms with E-state index < -0.39 is 18.1 Å². The third kappa shape index (κ3) is 5.74. The minimum absolute atomic E-state index is 0.00130. The van der Waals surface area contributed by atoms with Crippen molar-refractivity contribution in [2.24, 2.45) is 5.92 Å². The zero-order valence-electron chi connectivity index (χ0n) is 12.7. The largest absolute Gasteiger partial charge is 0.471 e. The summed E-state index contributed by atoms with van der Waals surface area (Å²) in [6.07, 6.45) is -3.84. The molecule has 1 aliphatic carbocycles. The predicted molar refractivity (Wildman–Crippen MR) is 92.2 cm³/mol. The van der Waals surface area contributed by atoms with Crippen LogP contribution in [0, 0.1) is 5.92 Å². The number of alkyl halides is 5. The molecule has 0 unspecified atom stereocenters. The third-order valence-corrected chi connectivity index (χ3v) is 6.72. The van der Waals surface area contributed by atoms with Gasteiger partial charge in [0.2, 0.25) is 0 Å². The van der Waals surface area contributed by atoms with Gasteiger partial charge in [-0.1, -0.05) is 62.2 Å². The number of carbonyl (C=O) groups is 1. The molecule has 2 rings (SSSR count). The molecule has 134 valence electrons. The maximum absolute atomic E-state index is 12.5. The summed E-state index contributed by atoms with van der Waals surface area (Å²) in [7, 11) is 0. The van der Waals surface area contributed by atoms with Gasteiger partial charge < -0.3 is 10.1 Å². The van der Waals surface area contributed by atoms with Gasteiger partial charge in [0, 0.05) is 21.6 Å². The van der Waals surface area contributed by atoms with Gasteiger partial charge in [0.1, 0.15) is 0 Å². The van der Waals surface area contributed by atoms with E-state index >= 15 is 0 Å². The number of halogens is 5. The average Bonchev–Trinajstić information content (AvgIpc) is 2.52. The van der Waals surface area contributed by atoms with Crippen LogP contribution in [0.3, 0.4) is 0 Å². The van der Waals surface area contributed by atoms with Gasteiger partial charge in [0.05, 0.1) is 13.2 Å². The zero-order valence-corrected chi connectivity index (χ0v) is 15.9. The third-order valence-electron chi connectivity index (χ3n) is 3.99. The van der Waals surface area contributed by atoms with Crippen LogP contribution < -0.4 is 5.32 Å². The van der Waals surface area contributed by atoms with Crippen molar-refractivity contribution in [3.8, 4) is 0 Å². The smallest absolute Gasteiger partial charge is 0.376 e. The first-order chi connectivity index (χ1) is 11.3. The molecular weight excluding hydrogens is 455 g/mol. The topological polar surface area (TPSA) is 38.3 Å². The van der Waals surface area contributed by atoms with Crippen molar-refractivity contribution in [3.63, 3.8) is 0 Å². The Labute approximate surface area is 155 Å². The molecule has 0 radical (unpaired) electrons. The van der Waals surface area contributed by atoms with Crippen LogP contribution >= 0.6 is 31.9 Å². The number of hydrogen-bond donors (Lipinski definition) is 1. The van der Waals surface area contributed by atoms with Crippen molar-refractivity contribution in [2.45, 2.75) is 41.3 Å². The van der Waals surface area contributed by atoms with E-state index in [4.69, 9.17) is 4.74 Å². The molecule has 1 fully saturated rings. The summed E-state index contributed by atoms with van der Waals surface area (Å²) in [5, 5.41) is 2.11. The van der Waals surface area contributed by atoms with Crippen molar-refractivity contribution < 1.29 is 22.7 Å². The summed E-state index contributed by atoms with van der Waals surface area (Å²) < 4.78 is 43.2. The van der Waals surface area contributed by atoms with E-state index in [1.165, 1.54) is 0 Å². The molecule has 0 bridgehead atoms. The van der Waals surface area contributed by atoms with Gasteiger partial charge >= 0.3 is 12.1 Å². The minimum Gasteiger partial charge on any atom is -0.376 e. The first-order valence-corrected chi connectivity index (χ1v) is 9.38. The number of ether oxygens (including phenoxy) is 1. The van der Waals surface area contributed by atoms with Crippen molar-refractivity contribution >= 4 is 37.8 Å². The molecule has 3 nitrogen and oxygen atoms in total. The van der Waals surface area contributed by atoms with Crippen LogP contribution in [0.1, 0.15) is 18.4 Å². The number of benzene rings is 1. The fraction of sp³-hybridized carbons (Fsp3) is 0.562. The number of nitrogens with one attached hydrogen (secondary N) is 1. The van der Waals surface area contributed by atoms with E-state index in [1.54, 1.807) is 0 Å². The molecule has 1 N–H and O–H groups in total. The molecule has 1 saturated carbocycles. The van der Waals surface area contributed by atoms with E-state index in [-0.39, 0.29) is 15.6 Å². The van der Waals surface area contributed by atoms with Gasteiger partial charge in [-0.05, 0) is 18.4 Å². The Morgan fingerprint density at radius 1 is 1.17 bits per heavy atom. The van der Waals surface area contributed by atoms with Gasteiger partial charge in [0.25, 0.3) is 0 Å². The Bertz CT molecular complexity index is 542. The molecule has 1 aliphatic rings. The van der Waals surface area contributed by atoms with Gasteiger partial charge in [-0.3, -0.25) is 4.79 Å². The molecule has 4 atom stereocenters. The lowest BCUT2D eigenvalue weighted by Gasteiger charge is -2.37. The lowest BCUT2D eigenvalue weighted by Crippen LogP contribution is -2.52. The molecular formula is C16H18Br2F3NO2. The van der Waals surface area contributed by atoms with Crippen molar-refractivity contribution in [2.75, 3.05) is 6.61 Å². The van der Waals surface area contributed by atoms with E-state index in [9.17, 15) is 18.0 Å². The highest BCUT2D eigenvalue weighted by Crippen LogP contribution is 2.35. The van der Waals surface area contributed by atoms with Crippen molar-refractivity contribution in [1.29, 1.82) is 0 Å². The van der Waals surface area contributed by atoms with E-state index in [0.29, 0.717) is 26.1 Å². The highest BCUT2D eigenvalue weighted by atomic mass is 79.9. The molecule has 0 spiro atoms. The first kappa shape index (κ1) is 19.7. The number of rotatable bonds is 5. The maximum Gasteiger partial charge on any atom is 0.471 e. The van der Waals surface area contributed by atoms with Crippen LogP contribution in [-0.2, 0) is 16.1 Å². The lowest BCUT2D eigenvalue weighted by molar-refractivity contribution is -0.175. The van der Waals surface area contributed by atoms with E-state index in [1.807, 2.05) is 30.3 Å². The van der Waals surface area contributed by atoms with Crippen molar-refractivity contribution in [1.82, 2.24) is 5.32 Å². The summed E-state index contributed by atoms with van der Waals surface area (Å²) >= 11 is 6.97. The molecule has 24 heavy (non-hydrogen) atoms. The molecule has 1 aromatic rings. The second kappa shape index (κ2) is 8.67. The standard InChI is InChI=1S/C16H18Br2F3NO2/c17-12-6-11(9-24-8-10-4-2-1-3-5-10)14(7-13(12)18)22-15(23)16(19,20)21/h1-5,11-14H,6-9H2,(H,22,23)/t11-,12+,13+,14-/m1/s1. The van der Waals surface area contributed by atoms with E-state index in [0.717, 1.165) is 5.56 Å². The molecule has 0 aliphatic heterocycles. The second-order valence-corrected chi connectivity index (χ2v) is 8.19. The first-order valence-electron chi connectivity index (χ1n) is 7.55. The lowest BCUT2D eigenvalue weighted by atomic mass is 9.84.